The molecule has 3 N–H and O–H groups in total. The maximum atomic E-state index is 13.7. The van der Waals surface area contributed by atoms with Crippen LogP contribution in [0.2, 0.25) is 5.02 Å². The Bertz CT molecular complexity index is 1090. The van der Waals surface area contributed by atoms with Gasteiger partial charge in [0.15, 0.2) is 0 Å². The molecule has 0 radical (unpaired) electrons. The number of carbonyl (C=O) groups is 3. The van der Waals surface area contributed by atoms with Gasteiger partial charge < -0.3 is 25.4 Å². The molecule has 1 saturated carbocycles. The average Bonchev–Trinajstić information content (AvgIpc) is 3.58. The van der Waals surface area contributed by atoms with Crippen molar-refractivity contribution in [2.24, 2.45) is 0 Å². The fourth-order valence-electron chi connectivity index (χ4n) is 3.76. The van der Waals surface area contributed by atoms with Crippen LogP contribution in [-0.2, 0) is 14.3 Å². The SMILES string of the molecule is Cc1cccc(Cl)c1NC(=O)C(c1ccccc1O)N(C(=O)C(C)NC(=O)OC(C)(C)C)C1CC1. The number of nitrogens with one attached hydrogen (secondary N) is 2. The molecule has 2 unspecified atom stereocenters. The second-order valence-electron chi connectivity index (χ2n) is 9.73. The van der Waals surface area contributed by atoms with Crippen molar-refractivity contribution in [2.75, 3.05) is 5.32 Å². The van der Waals surface area contributed by atoms with Crippen LogP contribution < -0.4 is 10.6 Å². The summed E-state index contributed by atoms with van der Waals surface area (Å²) >= 11 is 6.33. The van der Waals surface area contributed by atoms with Gasteiger partial charge in [-0.2, -0.15) is 0 Å². The molecule has 1 aliphatic carbocycles. The van der Waals surface area contributed by atoms with Crippen LogP contribution in [-0.4, -0.2) is 45.6 Å². The fourth-order valence-corrected chi connectivity index (χ4v) is 4.03. The predicted molar refractivity (Wildman–Crippen MR) is 134 cm³/mol. The largest absolute Gasteiger partial charge is 0.508 e. The van der Waals surface area contributed by atoms with Crippen molar-refractivity contribution < 1.29 is 24.2 Å². The standard InChI is InChI=1S/C26H32ClN3O5/c1-15-9-8-11-19(27)21(15)29-23(32)22(18-10-6-7-12-20(18)31)30(17-13-14-17)24(33)16(2)28-25(34)35-26(3,4)5/h6-12,16-17,22,31H,13-14H2,1-5H3,(H,28,34)(H,29,32). The molecule has 0 spiro atoms. The number of aromatic hydroxyl groups is 1. The van der Waals surface area contributed by atoms with Crippen LogP contribution in [0.1, 0.15) is 57.7 Å². The van der Waals surface area contributed by atoms with Gasteiger partial charge in [-0.1, -0.05) is 41.9 Å². The lowest BCUT2D eigenvalue weighted by molar-refractivity contribution is -0.141. The Kier molecular flexibility index (Phi) is 7.95. The van der Waals surface area contributed by atoms with Crippen molar-refractivity contribution in [3.8, 4) is 5.75 Å². The number of carbonyl (C=O) groups excluding carboxylic acids is 3. The second-order valence-corrected chi connectivity index (χ2v) is 10.1. The van der Waals surface area contributed by atoms with Crippen molar-refractivity contribution in [3.05, 3.63) is 58.6 Å². The first-order valence-electron chi connectivity index (χ1n) is 11.5. The number of benzene rings is 2. The number of alkyl carbamates (subject to hydrolysis) is 1. The van der Waals surface area contributed by atoms with Gasteiger partial charge in [-0.3, -0.25) is 9.59 Å². The first kappa shape index (κ1) is 26.3. The normalized spacial score (nSPS) is 15.0. The van der Waals surface area contributed by atoms with Gasteiger partial charge in [0.1, 0.15) is 23.4 Å². The average molecular weight is 502 g/mol. The third kappa shape index (κ3) is 6.66. The third-order valence-corrected chi connectivity index (χ3v) is 5.84. The van der Waals surface area contributed by atoms with Crippen LogP contribution in [0.3, 0.4) is 0 Å². The number of halogens is 1. The van der Waals surface area contributed by atoms with E-state index in [4.69, 9.17) is 16.3 Å². The molecule has 2 atom stereocenters. The molecule has 0 aromatic heterocycles. The molecule has 188 valence electrons. The number of nitrogens with zero attached hydrogens (tertiary/aromatic N) is 1. The number of hydrogen-bond donors (Lipinski definition) is 3. The summed E-state index contributed by atoms with van der Waals surface area (Å²) in [5.41, 5.74) is 0.738. The summed E-state index contributed by atoms with van der Waals surface area (Å²) in [7, 11) is 0. The van der Waals surface area contributed by atoms with E-state index >= 15 is 0 Å². The fraction of sp³-hybridized carbons (Fsp3) is 0.423. The maximum Gasteiger partial charge on any atom is 0.408 e. The molecule has 0 saturated heterocycles. The number of phenolic OH excluding ortho intramolecular Hbond substituents is 1. The highest BCUT2D eigenvalue weighted by atomic mass is 35.5. The van der Waals surface area contributed by atoms with Gasteiger partial charge in [0, 0.05) is 11.6 Å². The van der Waals surface area contributed by atoms with Gasteiger partial charge in [-0.15, -0.1) is 0 Å². The summed E-state index contributed by atoms with van der Waals surface area (Å²) in [6.45, 7) is 8.53. The number of aryl methyl sites for hydroxylation is 1. The highest BCUT2D eigenvalue weighted by molar-refractivity contribution is 6.34. The minimum Gasteiger partial charge on any atom is -0.508 e. The van der Waals surface area contributed by atoms with Crippen LogP contribution in [0.25, 0.3) is 0 Å². The lowest BCUT2D eigenvalue weighted by atomic mass is 10.0. The lowest BCUT2D eigenvalue weighted by Gasteiger charge is -2.34. The smallest absolute Gasteiger partial charge is 0.408 e. The van der Waals surface area contributed by atoms with Crippen LogP contribution in [0.4, 0.5) is 10.5 Å². The predicted octanol–water partition coefficient (Wildman–Crippen LogP) is 4.94. The van der Waals surface area contributed by atoms with Gasteiger partial charge in [0.05, 0.1) is 10.7 Å². The van der Waals surface area contributed by atoms with Crippen molar-refractivity contribution in [2.45, 2.75) is 71.2 Å². The summed E-state index contributed by atoms with van der Waals surface area (Å²) in [5.74, 6) is -1.10. The van der Waals surface area contributed by atoms with E-state index in [0.29, 0.717) is 23.6 Å². The topological polar surface area (TPSA) is 108 Å². The Morgan fingerprint density at radius 2 is 1.77 bits per heavy atom. The van der Waals surface area contributed by atoms with Crippen LogP contribution in [0.15, 0.2) is 42.5 Å². The molecule has 1 fully saturated rings. The third-order valence-electron chi connectivity index (χ3n) is 5.53. The van der Waals surface area contributed by atoms with E-state index in [9.17, 15) is 19.5 Å². The Morgan fingerprint density at radius 3 is 2.34 bits per heavy atom. The number of hydrogen-bond acceptors (Lipinski definition) is 5. The zero-order valence-corrected chi connectivity index (χ0v) is 21.3. The molecule has 0 aliphatic heterocycles. The zero-order chi connectivity index (χ0) is 25.9. The monoisotopic (exact) mass is 501 g/mol. The lowest BCUT2D eigenvalue weighted by Crippen LogP contribution is -2.52. The van der Waals surface area contributed by atoms with Gasteiger partial charge in [0.25, 0.3) is 5.91 Å². The first-order valence-corrected chi connectivity index (χ1v) is 11.9. The van der Waals surface area contributed by atoms with Gasteiger partial charge >= 0.3 is 6.09 Å². The maximum absolute atomic E-state index is 13.7. The second kappa shape index (κ2) is 10.6. The Hall–Kier alpha value is -3.26. The quantitative estimate of drug-likeness (QED) is 0.498. The molecule has 0 bridgehead atoms. The number of amides is 3. The van der Waals surface area contributed by atoms with E-state index in [1.807, 2.05) is 13.0 Å². The molecule has 8 nitrogen and oxygen atoms in total. The number of rotatable bonds is 7. The van der Waals surface area contributed by atoms with Gasteiger partial charge in [0.2, 0.25) is 5.91 Å². The van der Waals surface area contributed by atoms with Crippen molar-refractivity contribution in [3.63, 3.8) is 0 Å². The van der Waals surface area contributed by atoms with E-state index in [-0.39, 0.29) is 17.4 Å². The molecular weight excluding hydrogens is 470 g/mol. The molecule has 9 heteroatoms. The molecule has 2 aromatic rings. The van der Waals surface area contributed by atoms with Crippen molar-refractivity contribution in [1.82, 2.24) is 10.2 Å². The molecule has 0 heterocycles. The first-order chi connectivity index (χ1) is 16.4. The molecule has 1 aliphatic rings. The van der Waals surface area contributed by atoms with E-state index in [1.54, 1.807) is 58.0 Å². The van der Waals surface area contributed by atoms with E-state index in [2.05, 4.69) is 10.6 Å². The summed E-state index contributed by atoms with van der Waals surface area (Å²) in [5, 5.41) is 16.4. The zero-order valence-electron chi connectivity index (χ0n) is 20.6. The molecule has 35 heavy (non-hydrogen) atoms. The van der Waals surface area contributed by atoms with E-state index < -0.39 is 35.6 Å². The molecule has 3 rings (SSSR count). The number of phenols is 1. The van der Waals surface area contributed by atoms with Crippen molar-refractivity contribution >= 4 is 35.2 Å². The molecule has 2 aromatic carbocycles. The van der Waals surface area contributed by atoms with Crippen molar-refractivity contribution in [1.29, 1.82) is 0 Å². The van der Waals surface area contributed by atoms with E-state index in [0.717, 1.165) is 5.56 Å². The number of para-hydroxylation sites is 2. The summed E-state index contributed by atoms with van der Waals surface area (Å²) in [6, 6.07) is 9.33. The minimum absolute atomic E-state index is 0.116. The minimum atomic E-state index is -1.14. The van der Waals surface area contributed by atoms with Gasteiger partial charge in [-0.25, -0.2) is 4.79 Å². The number of ether oxygens (including phenoxy) is 1. The molecule has 3 amide bonds. The van der Waals surface area contributed by atoms with Crippen LogP contribution >= 0.6 is 11.6 Å². The summed E-state index contributed by atoms with van der Waals surface area (Å²) in [6.07, 6.45) is 0.671. The highest BCUT2D eigenvalue weighted by Crippen LogP contribution is 2.39. The summed E-state index contributed by atoms with van der Waals surface area (Å²) in [4.78, 5) is 41.0. The Morgan fingerprint density at radius 1 is 1.11 bits per heavy atom. The van der Waals surface area contributed by atoms with Crippen LogP contribution in [0, 0.1) is 6.92 Å². The number of anilines is 1. The van der Waals surface area contributed by atoms with Crippen LogP contribution in [0.5, 0.6) is 5.75 Å². The van der Waals surface area contributed by atoms with Gasteiger partial charge in [-0.05, 0) is 65.2 Å². The van der Waals surface area contributed by atoms with E-state index in [1.165, 1.54) is 11.0 Å². The Labute approximate surface area is 210 Å². The highest BCUT2D eigenvalue weighted by Gasteiger charge is 2.44. The summed E-state index contributed by atoms with van der Waals surface area (Å²) < 4.78 is 5.28. The molecular formula is C26H32ClN3O5. The Balaban J connectivity index is 1.95.